The molecule has 1 N–H and O–H groups in total. The summed E-state index contributed by atoms with van der Waals surface area (Å²) in [6.45, 7) is 1.92. The number of anilines is 1. The lowest BCUT2D eigenvalue weighted by molar-refractivity contribution is -0.120. The van der Waals surface area contributed by atoms with Gasteiger partial charge < -0.3 is 9.73 Å². The highest BCUT2D eigenvalue weighted by Crippen LogP contribution is 2.27. The van der Waals surface area contributed by atoms with Gasteiger partial charge in [0.1, 0.15) is 5.82 Å². The van der Waals surface area contributed by atoms with Crippen molar-refractivity contribution in [3.05, 3.63) is 58.3 Å². The molecule has 4 rings (SSSR count). The van der Waals surface area contributed by atoms with E-state index in [1.165, 1.54) is 40.2 Å². The zero-order valence-corrected chi connectivity index (χ0v) is 17.9. The Morgan fingerprint density at radius 2 is 2.00 bits per heavy atom. The summed E-state index contributed by atoms with van der Waals surface area (Å²) in [4.78, 5) is 24.4. The molecule has 3 aromatic rings. The molecule has 0 bridgehead atoms. The number of aromatic nitrogens is 1. The Morgan fingerprint density at radius 3 is 2.74 bits per heavy atom. The number of benzene rings is 2. The van der Waals surface area contributed by atoms with Gasteiger partial charge in [0, 0.05) is 31.9 Å². The highest BCUT2D eigenvalue weighted by molar-refractivity contribution is 7.89. The maximum absolute atomic E-state index is 13.7. The first kappa shape index (κ1) is 21.3. The molecule has 1 aliphatic rings. The molecule has 1 atom stereocenters. The van der Waals surface area contributed by atoms with Crippen LogP contribution in [0.4, 0.5) is 10.1 Å². The predicted octanol–water partition coefficient (Wildman–Crippen LogP) is 2.62. The summed E-state index contributed by atoms with van der Waals surface area (Å²) in [6.07, 6.45) is 1.04. The number of carbonyl (C=O) groups is 1. The van der Waals surface area contributed by atoms with Crippen molar-refractivity contribution < 1.29 is 22.0 Å². The van der Waals surface area contributed by atoms with Crippen LogP contribution in [0.2, 0.25) is 0 Å². The molecule has 1 aliphatic heterocycles. The van der Waals surface area contributed by atoms with Gasteiger partial charge >= 0.3 is 5.76 Å². The molecule has 10 heteroatoms. The minimum atomic E-state index is -3.89. The Labute approximate surface area is 178 Å². The first-order valence-electron chi connectivity index (χ1n) is 9.83. The number of carbonyl (C=O) groups excluding carboxylic acids is 1. The van der Waals surface area contributed by atoms with Crippen LogP contribution < -0.4 is 11.1 Å². The second-order valence-electron chi connectivity index (χ2n) is 7.71. The minimum absolute atomic E-state index is 0.00369. The average Bonchev–Trinajstić information content (AvgIpc) is 3.04. The number of oxazole rings is 1. The van der Waals surface area contributed by atoms with Crippen LogP contribution in [0.1, 0.15) is 18.4 Å². The number of halogens is 1. The molecule has 0 spiro atoms. The molecule has 1 amide bonds. The average molecular weight is 447 g/mol. The number of hydrogen-bond acceptors (Lipinski definition) is 5. The monoisotopic (exact) mass is 447 g/mol. The first-order chi connectivity index (χ1) is 14.7. The maximum atomic E-state index is 13.7. The molecule has 1 saturated heterocycles. The number of hydrogen-bond donors (Lipinski definition) is 1. The molecule has 0 aliphatic carbocycles. The second-order valence-corrected chi connectivity index (χ2v) is 9.65. The third-order valence-corrected chi connectivity index (χ3v) is 7.46. The second kappa shape index (κ2) is 7.93. The largest absolute Gasteiger partial charge is 0.419 e. The Balaban J connectivity index is 1.53. The van der Waals surface area contributed by atoms with E-state index in [1.54, 1.807) is 19.1 Å². The van der Waals surface area contributed by atoms with Gasteiger partial charge in [0.2, 0.25) is 15.9 Å². The fraction of sp³-hybridized carbons (Fsp3) is 0.333. The number of piperidine rings is 1. The normalized spacial score (nSPS) is 17.7. The van der Waals surface area contributed by atoms with Crippen molar-refractivity contribution in [3.8, 4) is 0 Å². The van der Waals surface area contributed by atoms with E-state index in [1.807, 2.05) is 0 Å². The van der Waals surface area contributed by atoms with E-state index in [4.69, 9.17) is 4.42 Å². The van der Waals surface area contributed by atoms with Crippen molar-refractivity contribution in [2.24, 2.45) is 13.0 Å². The van der Waals surface area contributed by atoms with Crippen molar-refractivity contribution in [1.29, 1.82) is 0 Å². The number of fused-ring (bicyclic) bond motifs is 1. The summed E-state index contributed by atoms with van der Waals surface area (Å²) in [6, 6.07) is 8.69. The smallest absolute Gasteiger partial charge is 0.408 e. The number of nitrogens with zero attached hydrogens (tertiary/aromatic N) is 2. The molecule has 164 valence electrons. The number of amides is 1. The maximum Gasteiger partial charge on any atom is 0.419 e. The number of aryl methyl sites for hydroxylation is 2. The van der Waals surface area contributed by atoms with Gasteiger partial charge in [-0.1, -0.05) is 6.07 Å². The van der Waals surface area contributed by atoms with Crippen molar-refractivity contribution in [1.82, 2.24) is 8.87 Å². The topological polar surface area (TPSA) is 102 Å². The Bertz CT molecular complexity index is 1330. The van der Waals surface area contributed by atoms with Crippen molar-refractivity contribution in [3.63, 3.8) is 0 Å². The summed E-state index contributed by atoms with van der Waals surface area (Å²) in [7, 11) is -2.35. The van der Waals surface area contributed by atoms with Gasteiger partial charge in [-0.15, -0.1) is 0 Å². The predicted molar refractivity (Wildman–Crippen MR) is 113 cm³/mol. The summed E-state index contributed by atoms with van der Waals surface area (Å²) < 4.78 is 47.7. The zero-order valence-electron chi connectivity index (χ0n) is 17.1. The minimum Gasteiger partial charge on any atom is -0.408 e. The van der Waals surface area contributed by atoms with E-state index in [0.717, 1.165) is 0 Å². The summed E-state index contributed by atoms with van der Waals surface area (Å²) in [5.74, 6) is -1.92. The van der Waals surface area contributed by atoms with Crippen molar-refractivity contribution in [2.75, 3.05) is 18.4 Å². The molecule has 2 aromatic carbocycles. The van der Waals surface area contributed by atoms with Crippen LogP contribution in [0.25, 0.3) is 11.1 Å². The first-order valence-corrected chi connectivity index (χ1v) is 11.3. The van der Waals surface area contributed by atoms with Crippen LogP contribution in [0.15, 0.2) is 50.5 Å². The molecule has 1 aromatic heterocycles. The zero-order chi connectivity index (χ0) is 22.3. The van der Waals surface area contributed by atoms with Crippen LogP contribution in [-0.2, 0) is 21.9 Å². The third-order valence-electron chi connectivity index (χ3n) is 5.60. The van der Waals surface area contributed by atoms with E-state index in [-0.39, 0.29) is 29.5 Å². The fourth-order valence-corrected chi connectivity index (χ4v) is 5.25. The summed E-state index contributed by atoms with van der Waals surface area (Å²) >= 11 is 0. The van der Waals surface area contributed by atoms with Crippen molar-refractivity contribution in [2.45, 2.75) is 24.7 Å². The van der Waals surface area contributed by atoms with Gasteiger partial charge in [0.05, 0.1) is 16.3 Å². The van der Waals surface area contributed by atoms with Crippen LogP contribution >= 0.6 is 0 Å². The van der Waals surface area contributed by atoms with Crippen LogP contribution in [0.3, 0.4) is 0 Å². The lowest BCUT2D eigenvalue weighted by atomic mass is 9.98. The van der Waals surface area contributed by atoms with Gasteiger partial charge in [-0.25, -0.2) is 17.6 Å². The van der Waals surface area contributed by atoms with Gasteiger partial charge in [0.25, 0.3) is 0 Å². The van der Waals surface area contributed by atoms with E-state index in [9.17, 15) is 22.4 Å². The van der Waals surface area contributed by atoms with Gasteiger partial charge in [-0.3, -0.25) is 9.36 Å². The molecular formula is C21H22FN3O5S. The molecule has 0 saturated carbocycles. The Morgan fingerprint density at radius 1 is 1.23 bits per heavy atom. The van der Waals surface area contributed by atoms with Gasteiger partial charge in [-0.05, 0) is 49.6 Å². The molecular weight excluding hydrogens is 425 g/mol. The molecule has 1 unspecified atom stereocenters. The summed E-state index contributed by atoms with van der Waals surface area (Å²) in [5, 5.41) is 2.67. The lowest BCUT2D eigenvalue weighted by Gasteiger charge is -2.31. The standard InChI is InChI=1S/C21H22FN3O5S/c1-13-5-6-15(10-17(13)22)23-20(26)14-4-3-9-25(12-14)31(28,29)16-7-8-18-19(11-16)30-21(27)24(18)2/h5-8,10-11,14H,3-4,9,12H2,1-2H3,(H,23,26). The van der Waals surface area contributed by atoms with E-state index >= 15 is 0 Å². The van der Waals surface area contributed by atoms with Crippen LogP contribution in [0.5, 0.6) is 0 Å². The number of rotatable bonds is 4. The number of nitrogens with one attached hydrogen (secondary N) is 1. The quantitative estimate of drug-likeness (QED) is 0.663. The molecule has 2 heterocycles. The highest BCUT2D eigenvalue weighted by atomic mass is 32.2. The Hall–Kier alpha value is -2.98. The third kappa shape index (κ3) is 4.00. The lowest BCUT2D eigenvalue weighted by Crippen LogP contribution is -2.43. The number of sulfonamides is 1. The fourth-order valence-electron chi connectivity index (χ4n) is 3.71. The molecule has 0 radical (unpaired) electrons. The van der Waals surface area contributed by atoms with E-state index < -0.39 is 27.5 Å². The van der Waals surface area contributed by atoms with Crippen molar-refractivity contribution >= 4 is 32.7 Å². The molecule has 8 nitrogen and oxygen atoms in total. The van der Waals surface area contributed by atoms with E-state index in [2.05, 4.69) is 5.32 Å². The SMILES string of the molecule is Cc1ccc(NC(=O)C2CCCN(S(=O)(=O)c3ccc4c(c3)oc(=O)n4C)C2)cc1F. The molecule has 31 heavy (non-hydrogen) atoms. The van der Waals surface area contributed by atoms with Crippen LogP contribution in [-0.4, -0.2) is 36.3 Å². The summed E-state index contributed by atoms with van der Waals surface area (Å²) in [5.41, 5.74) is 1.48. The Kier molecular flexibility index (Phi) is 5.44. The van der Waals surface area contributed by atoms with E-state index in [0.29, 0.717) is 29.6 Å². The van der Waals surface area contributed by atoms with Gasteiger partial charge in [0.15, 0.2) is 5.58 Å². The highest BCUT2D eigenvalue weighted by Gasteiger charge is 2.33. The van der Waals surface area contributed by atoms with Gasteiger partial charge in [-0.2, -0.15) is 4.31 Å². The molecule has 1 fully saturated rings. The van der Waals surface area contributed by atoms with Crippen LogP contribution in [0, 0.1) is 18.7 Å².